The Labute approximate surface area is 204 Å². The molecule has 0 radical (unpaired) electrons. The van der Waals surface area contributed by atoms with Crippen LogP contribution in [0.4, 0.5) is 17.6 Å². The molecule has 1 aliphatic carbocycles. The molecule has 0 bridgehead atoms. The summed E-state index contributed by atoms with van der Waals surface area (Å²) in [7, 11) is -0.803. The first-order valence-electron chi connectivity index (χ1n) is 11.3. The number of rotatable bonds is 5. The van der Waals surface area contributed by atoms with Crippen LogP contribution in [-0.4, -0.2) is 38.3 Å². The molecule has 4 aromatic rings. The first kappa shape index (κ1) is 24.4. The van der Waals surface area contributed by atoms with Crippen LogP contribution in [0.15, 0.2) is 35.5 Å². The molecule has 0 amide bonds. The third-order valence-corrected chi connectivity index (χ3v) is 8.68. The van der Waals surface area contributed by atoms with Gasteiger partial charge >= 0.3 is 6.18 Å². The second-order valence-electron chi connectivity index (χ2n) is 9.36. The SMILES string of the molecule is CCS(=O)(=O)c1c(-c2nc3cc(C(F)(F)F)ncc3n2C)nc(-c2ccc(C3(C)CC3)c(F)c2)n1C. The zero-order valence-corrected chi connectivity index (χ0v) is 20.8. The van der Waals surface area contributed by atoms with Crippen molar-refractivity contribution in [3.63, 3.8) is 0 Å². The number of halogens is 4. The van der Waals surface area contributed by atoms with Crippen LogP contribution in [0.3, 0.4) is 0 Å². The topological polar surface area (TPSA) is 82.7 Å². The van der Waals surface area contributed by atoms with Crippen LogP contribution in [0.25, 0.3) is 33.9 Å². The van der Waals surface area contributed by atoms with E-state index in [2.05, 4.69) is 15.0 Å². The van der Waals surface area contributed by atoms with Crippen LogP contribution < -0.4 is 0 Å². The smallest absolute Gasteiger partial charge is 0.324 e. The largest absolute Gasteiger partial charge is 0.433 e. The van der Waals surface area contributed by atoms with Gasteiger partial charge in [0.2, 0.25) is 0 Å². The van der Waals surface area contributed by atoms with Gasteiger partial charge in [-0.1, -0.05) is 26.0 Å². The maximum absolute atomic E-state index is 15.0. The Morgan fingerprint density at radius 2 is 1.75 bits per heavy atom. The Balaban J connectivity index is 1.72. The van der Waals surface area contributed by atoms with Gasteiger partial charge in [0.25, 0.3) is 0 Å². The summed E-state index contributed by atoms with van der Waals surface area (Å²) < 4.78 is 83.5. The van der Waals surface area contributed by atoms with Crippen molar-refractivity contribution in [2.45, 2.75) is 43.3 Å². The number of nitrogens with zero attached hydrogens (tertiary/aromatic N) is 5. The summed E-state index contributed by atoms with van der Waals surface area (Å²) in [5, 5.41) is -0.152. The lowest BCUT2D eigenvalue weighted by Crippen LogP contribution is -2.11. The maximum Gasteiger partial charge on any atom is 0.433 e. The summed E-state index contributed by atoms with van der Waals surface area (Å²) in [5.41, 5.74) is -0.0781. The molecule has 1 aliphatic rings. The lowest BCUT2D eigenvalue weighted by molar-refractivity contribution is -0.141. The number of alkyl halides is 3. The minimum absolute atomic E-state index is 0.00468. The summed E-state index contributed by atoms with van der Waals surface area (Å²) in [6.07, 6.45) is -1.83. The molecule has 0 aliphatic heterocycles. The monoisotopic (exact) mass is 521 g/mol. The summed E-state index contributed by atoms with van der Waals surface area (Å²) in [4.78, 5) is 12.3. The van der Waals surface area contributed by atoms with Crippen molar-refractivity contribution >= 4 is 20.9 Å². The predicted octanol–water partition coefficient (Wildman–Crippen LogP) is 5.04. The highest BCUT2D eigenvalue weighted by Crippen LogP contribution is 2.49. The van der Waals surface area contributed by atoms with Crippen LogP contribution >= 0.6 is 0 Å². The molecule has 0 atom stereocenters. The van der Waals surface area contributed by atoms with Gasteiger partial charge in [0.05, 0.1) is 23.0 Å². The highest BCUT2D eigenvalue weighted by molar-refractivity contribution is 7.91. The van der Waals surface area contributed by atoms with Crippen LogP contribution in [-0.2, 0) is 35.5 Å². The van der Waals surface area contributed by atoms with Crippen molar-refractivity contribution < 1.29 is 26.0 Å². The average molecular weight is 522 g/mol. The molecule has 0 unspecified atom stereocenters. The number of aromatic nitrogens is 5. The number of aryl methyl sites for hydroxylation is 1. The average Bonchev–Trinajstić information content (AvgIpc) is 3.33. The fourth-order valence-electron chi connectivity index (χ4n) is 4.44. The Hall–Kier alpha value is -3.28. The highest BCUT2D eigenvalue weighted by atomic mass is 32.2. The maximum atomic E-state index is 15.0. The Morgan fingerprint density at radius 3 is 2.33 bits per heavy atom. The molecule has 12 heteroatoms. The molecule has 0 N–H and O–H groups in total. The summed E-state index contributed by atoms with van der Waals surface area (Å²) in [6, 6.07) is 5.54. The van der Waals surface area contributed by atoms with Gasteiger partial charge < -0.3 is 9.13 Å². The Bertz CT molecular complexity index is 1630. The van der Waals surface area contributed by atoms with Gasteiger partial charge in [-0.15, -0.1) is 0 Å². The molecule has 1 saturated carbocycles. The Morgan fingerprint density at radius 1 is 1.06 bits per heavy atom. The van der Waals surface area contributed by atoms with Gasteiger partial charge in [0, 0.05) is 19.7 Å². The number of benzene rings is 1. The zero-order chi connectivity index (χ0) is 26.2. The predicted molar refractivity (Wildman–Crippen MR) is 125 cm³/mol. The van der Waals surface area contributed by atoms with Crippen LogP contribution in [0.5, 0.6) is 0 Å². The van der Waals surface area contributed by atoms with E-state index in [1.807, 2.05) is 6.92 Å². The van der Waals surface area contributed by atoms with Crippen molar-refractivity contribution in [1.29, 1.82) is 0 Å². The second kappa shape index (κ2) is 7.86. The standard InChI is InChI=1S/C24H23F4N5O2S/c1-5-36(34,35)22-19(21-30-16-11-18(24(26,27)28)29-12-17(16)32(21)3)31-20(33(22)4)13-6-7-14(15(25)10-13)23(2)8-9-23/h6-7,10-12H,5,8-9H2,1-4H3. The normalized spacial score (nSPS) is 15.6. The minimum Gasteiger partial charge on any atom is -0.324 e. The van der Waals surface area contributed by atoms with Gasteiger partial charge in [-0.3, -0.25) is 0 Å². The second-order valence-corrected chi connectivity index (χ2v) is 11.6. The third-order valence-electron chi connectivity index (χ3n) is 6.86. The van der Waals surface area contributed by atoms with E-state index < -0.39 is 27.5 Å². The molecule has 5 rings (SSSR count). The van der Waals surface area contributed by atoms with E-state index in [0.29, 0.717) is 11.1 Å². The molecule has 0 spiro atoms. The molecular weight excluding hydrogens is 498 g/mol. The van der Waals surface area contributed by atoms with Gasteiger partial charge in [-0.25, -0.2) is 27.8 Å². The van der Waals surface area contributed by atoms with Crippen LogP contribution in [0, 0.1) is 5.82 Å². The Kier molecular flexibility index (Phi) is 5.33. The molecule has 3 heterocycles. The summed E-state index contributed by atoms with van der Waals surface area (Å²) in [5.74, 6) is -0.383. The number of hydrogen-bond donors (Lipinski definition) is 0. The van der Waals surface area contributed by atoms with E-state index in [9.17, 15) is 21.6 Å². The van der Waals surface area contributed by atoms with E-state index in [-0.39, 0.29) is 44.6 Å². The molecule has 1 fully saturated rings. The third kappa shape index (κ3) is 3.78. The first-order chi connectivity index (χ1) is 16.8. The van der Waals surface area contributed by atoms with Gasteiger partial charge in [0.15, 0.2) is 20.7 Å². The molecule has 3 aromatic heterocycles. The lowest BCUT2D eigenvalue weighted by atomic mass is 9.96. The van der Waals surface area contributed by atoms with Crippen LogP contribution in [0.2, 0.25) is 0 Å². The lowest BCUT2D eigenvalue weighted by Gasteiger charge is -2.12. The summed E-state index contributed by atoms with van der Waals surface area (Å²) >= 11 is 0. The number of imidazole rings is 2. The number of sulfone groups is 1. The van der Waals surface area contributed by atoms with E-state index in [1.54, 1.807) is 19.2 Å². The highest BCUT2D eigenvalue weighted by Gasteiger charge is 2.41. The van der Waals surface area contributed by atoms with Crippen molar-refractivity contribution in [1.82, 2.24) is 24.1 Å². The van der Waals surface area contributed by atoms with Crippen molar-refractivity contribution in [3.8, 4) is 22.9 Å². The minimum atomic E-state index is -4.66. The fourth-order valence-corrected chi connectivity index (χ4v) is 5.64. The number of pyridine rings is 1. The van der Waals surface area contributed by atoms with Gasteiger partial charge in [-0.05, 0) is 36.0 Å². The van der Waals surface area contributed by atoms with Gasteiger partial charge in [0.1, 0.15) is 23.0 Å². The number of fused-ring (bicyclic) bond motifs is 1. The van der Waals surface area contributed by atoms with Crippen molar-refractivity contribution in [3.05, 3.63) is 47.5 Å². The molecule has 0 saturated heterocycles. The van der Waals surface area contributed by atoms with Crippen molar-refractivity contribution in [2.24, 2.45) is 14.1 Å². The van der Waals surface area contributed by atoms with Crippen molar-refractivity contribution in [2.75, 3.05) is 5.75 Å². The van der Waals surface area contributed by atoms with E-state index in [0.717, 1.165) is 25.1 Å². The molecule has 1 aromatic carbocycles. The molecular formula is C24H23F4N5O2S. The van der Waals surface area contributed by atoms with Crippen LogP contribution in [0.1, 0.15) is 37.9 Å². The number of hydrogen-bond acceptors (Lipinski definition) is 5. The zero-order valence-electron chi connectivity index (χ0n) is 20.0. The molecule has 190 valence electrons. The molecule has 36 heavy (non-hydrogen) atoms. The summed E-state index contributed by atoms with van der Waals surface area (Å²) in [6.45, 7) is 3.46. The molecule has 7 nitrogen and oxygen atoms in total. The quantitative estimate of drug-likeness (QED) is 0.344. The van der Waals surface area contributed by atoms with E-state index in [1.165, 1.54) is 29.2 Å². The fraction of sp³-hybridized carbons (Fsp3) is 0.375. The first-order valence-corrected chi connectivity index (χ1v) is 12.9. The van der Waals surface area contributed by atoms with E-state index in [4.69, 9.17) is 0 Å². The van der Waals surface area contributed by atoms with E-state index >= 15 is 4.39 Å². The van der Waals surface area contributed by atoms with Gasteiger partial charge in [-0.2, -0.15) is 13.2 Å².